The van der Waals surface area contributed by atoms with Gasteiger partial charge in [-0.1, -0.05) is 29.8 Å². The highest BCUT2D eigenvalue weighted by atomic mass is 32.2. The van der Waals surface area contributed by atoms with Gasteiger partial charge >= 0.3 is 0 Å². The summed E-state index contributed by atoms with van der Waals surface area (Å²) in [6.07, 6.45) is 0.511. The Morgan fingerprint density at radius 3 is 2.30 bits per heavy atom. The molecule has 0 aliphatic carbocycles. The Hall–Kier alpha value is -1.85. The molecule has 2 aromatic rings. The van der Waals surface area contributed by atoms with Crippen LogP contribution in [0.5, 0.6) is 5.75 Å². The Bertz CT molecular complexity index is 706. The Labute approximate surface area is 119 Å². The first kappa shape index (κ1) is 14.6. The third-order valence-electron chi connectivity index (χ3n) is 3.08. The zero-order chi connectivity index (χ0) is 14.8. The Morgan fingerprint density at radius 2 is 1.75 bits per heavy atom. The van der Waals surface area contributed by atoms with E-state index in [4.69, 9.17) is 9.88 Å². The summed E-state index contributed by atoms with van der Waals surface area (Å²) in [5.41, 5.74) is 2.71. The lowest BCUT2D eigenvalue weighted by atomic mass is 10.0. The molecule has 106 valence electrons. The first-order valence-corrected chi connectivity index (χ1v) is 7.70. The molecule has 2 rings (SSSR count). The van der Waals surface area contributed by atoms with Crippen LogP contribution < -0.4 is 9.88 Å². The van der Waals surface area contributed by atoms with Gasteiger partial charge in [0, 0.05) is 0 Å². The maximum atomic E-state index is 11.6. The minimum absolute atomic E-state index is 0.180. The molecule has 2 N–H and O–H groups in total. The van der Waals surface area contributed by atoms with Crippen LogP contribution in [0.25, 0.3) is 0 Å². The van der Waals surface area contributed by atoms with E-state index in [-0.39, 0.29) is 4.90 Å². The van der Waals surface area contributed by atoms with Crippen molar-refractivity contribution in [2.45, 2.75) is 18.2 Å². The number of sulfonamides is 1. The third kappa shape index (κ3) is 3.37. The normalized spacial score (nSPS) is 11.3. The molecule has 2 aromatic carbocycles. The van der Waals surface area contributed by atoms with Gasteiger partial charge in [-0.2, -0.15) is 0 Å². The molecule has 0 spiro atoms. The summed E-state index contributed by atoms with van der Waals surface area (Å²) in [6.45, 7) is 1.92. The second-order valence-electron chi connectivity index (χ2n) is 4.68. The first-order valence-electron chi connectivity index (χ1n) is 6.15. The van der Waals surface area contributed by atoms with E-state index in [0.29, 0.717) is 12.0 Å². The molecule has 0 radical (unpaired) electrons. The van der Waals surface area contributed by atoms with E-state index in [1.54, 1.807) is 19.2 Å². The molecule has 0 atom stereocenters. The van der Waals surface area contributed by atoms with Gasteiger partial charge in [-0.25, -0.2) is 13.6 Å². The number of primary sulfonamides is 1. The van der Waals surface area contributed by atoms with Crippen LogP contribution in [0.1, 0.15) is 16.7 Å². The topological polar surface area (TPSA) is 69.4 Å². The van der Waals surface area contributed by atoms with Gasteiger partial charge < -0.3 is 4.74 Å². The summed E-state index contributed by atoms with van der Waals surface area (Å²) in [5.74, 6) is 0.768. The number of rotatable bonds is 4. The minimum Gasteiger partial charge on any atom is -0.497 e. The van der Waals surface area contributed by atoms with Gasteiger partial charge in [0.2, 0.25) is 10.0 Å². The lowest BCUT2D eigenvalue weighted by molar-refractivity contribution is 0.414. The summed E-state index contributed by atoms with van der Waals surface area (Å²) >= 11 is 0. The number of nitrogens with two attached hydrogens (primary N) is 1. The maximum Gasteiger partial charge on any atom is 0.238 e. The van der Waals surface area contributed by atoms with Crippen LogP contribution in [0, 0.1) is 6.92 Å². The Morgan fingerprint density at radius 1 is 1.10 bits per heavy atom. The highest BCUT2D eigenvalue weighted by Gasteiger charge is 2.14. The van der Waals surface area contributed by atoms with Crippen LogP contribution in [-0.2, 0) is 16.4 Å². The molecule has 5 heteroatoms. The molecule has 0 fully saturated rings. The molecule has 20 heavy (non-hydrogen) atoms. The molecular formula is C15H17NO3S. The lowest BCUT2D eigenvalue weighted by Gasteiger charge is -2.09. The Kier molecular flexibility index (Phi) is 4.11. The highest BCUT2D eigenvalue weighted by Crippen LogP contribution is 2.21. The molecule has 0 aliphatic rings. The SMILES string of the molecule is COc1ccc(Cc2cc(C)ccc2S(N)(=O)=O)cc1. The van der Waals surface area contributed by atoms with Crippen molar-refractivity contribution in [3.8, 4) is 5.75 Å². The second-order valence-corrected chi connectivity index (χ2v) is 6.21. The van der Waals surface area contributed by atoms with Crippen molar-refractivity contribution in [3.63, 3.8) is 0 Å². The van der Waals surface area contributed by atoms with Crippen molar-refractivity contribution in [2.75, 3.05) is 7.11 Å². The van der Waals surface area contributed by atoms with E-state index in [1.165, 1.54) is 0 Å². The zero-order valence-electron chi connectivity index (χ0n) is 11.5. The van der Waals surface area contributed by atoms with Crippen LogP contribution in [0.2, 0.25) is 0 Å². The number of aryl methyl sites for hydroxylation is 1. The summed E-state index contributed by atoms with van der Waals surface area (Å²) in [7, 11) is -2.10. The van der Waals surface area contributed by atoms with Crippen molar-refractivity contribution < 1.29 is 13.2 Å². The van der Waals surface area contributed by atoms with Crippen LogP contribution in [-0.4, -0.2) is 15.5 Å². The van der Waals surface area contributed by atoms with Crippen LogP contribution in [0.4, 0.5) is 0 Å². The van der Waals surface area contributed by atoms with Crippen LogP contribution >= 0.6 is 0 Å². The fourth-order valence-corrected chi connectivity index (χ4v) is 2.84. The number of hydrogen-bond donors (Lipinski definition) is 1. The fraction of sp³-hybridized carbons (Fsp3) is 0.200. The number of methoxy groups -OCH3 is 1. The molecule has 0 aromatic heterocycles. The molecule has 4 nitrogen and oxygen atoms in total. The zero-order valence-corrected chi connectivity index (χ0v) is 12.3. The second kappa shape index (κ2) is 5.64. The molecule has 0 heterocycles. The largest absolute Gasteiger partial charge is 0.497 e. The number of benzene rings is 2. The van der Waals surface area contributed by atoms with Crippen molar-refractivity contribution >= 4 is 10.0 Å². The van der Waals surface area contributed by atoms with Gasteiger partial charge in [0.05, 0.1) is 12.0 Å². The van der Waals surface area contributed by atoms with Gasteiger partial charge in [0.1, 0.15) is 5.75 Å². The molecule has 0 unspecified atom stereocenters. The average molecular weight is 291 g/mol. The monoisotopic (exact) mass is 291 g/mol. The predicted molar refractivity (Wildman–Crippen MR) is 78.4 cm³/mol. The van der Waals surface area contributed by atoms with E-state index in [1.807, 2.05) is 37.3 Å². The fourth-order valence-electron chi connectivity index (χ4n) is 2.09. The average Bonchev–Trinajstić information content (AvgIpc) is 2.38. The lowest BCUT2D eigenvalue weighted by Crippen LogP contribution is -2.14. The van der Waals surface area contributed by atoms with E-state index < -0.39 is 10.0 Å². The predicted octanol–water partition coefficient (Wildman–Crippen LogP) is 2.24. The van der Waals surface area contributed by atoms with E-state index >= 15 is 0 Å². The van der Waals surface area contributed by atoms with E-state index in [0.717, 1.165) is 16.9 Å². The van der Waals surface area contributed by atoms with Crippen molar-refractivity contribution in [2.24, 2.45) is 5.14 Å². The standard InChI is InChI=1S/C15H17NO3S/c1-11-3-8-15(20(16,17)18)13(9-11)10-12-4-6-14(19-2)7-5-12/h3-9H,10H2,1-2H3,(H2,16,17,18). The third-order valence-corrected chi connectivity index (χ3v) is 4.09. The molecule has 0 saturated heterocycles. The first-order chi connectivity index (χ1) is 9.40. The number of hydrogen-bond acceptors (Lipinski definition) is 3. The minimum atomic E-state index is -3.71. The smallest absolute Gasteiger partial charge is 0.238 e. The van der Waals surface area contributed by atoms with Gasteiger partial charge in [-0.05, 0) is 42.7 Å². The van der Waals surface area contributed by atoms with Crippen LogP contribution in [0.3, 0.4) is 0 Å². The number of ether oxygens (including phenoxy) is 1. The molecule has 0 saturated carbocycles. The van der Waals surface area contributed by atoms with Gasteiger partial charge in [0.25, 0.3) is 0 Å². The Balaban J connectivity index is 2.39. The van der Waals surface area contributed by atoms with Crippen molar-refractivity contribution in [3.05, 3.63) is 59.2 Å². The molecule has 0 amide bonds. The molecular weight excluding hydrogens is 274 g/mol. The summed E-state index contributed by atoms with van der Waals surface area (Å²) in [6, 6.07) is 12.7. The van der Waals surface area contributed by atoms with Gasteiger partial charge in [0.15, 0.2) is 0 Å². The van der Waals surface area contributed by atoms with Gasteiger partial charge in [-0.3, -0.25) is 0 Å². The van der Waals surface area contributed by atoms with Crippen molar-refractivity contribution in [1.82, 2.24) is 0 Å². The van der Waals surface area contributed by atoms with Crippen LogP contribution in [0.15, 0.2) is 47.4 Å². The van der Waals surface area contributed by atoms with Crippen molar-refractivity contribution in [1.29, 1.82) is 0 Å². The maximum absolute atomic E-state index is 11.6. The van der Waals surface area contributed by atoms with E-state index in [2.05, 4.69) is 0 Å². The quantitative estimate of drug-likeness (QED) is 0.939. The molecule has 0 bridgehead atoms. The summed E-state index contributed by atoms with van der Waals surface area (Å²) in [5, 5.41) is 5.26. The highest BCUT2D eigenvalue weighted by molar-refractivity contribution is 7.89. The van der Waals surface area contributed by atoms with E-state index in [9.17, 15) is 8.42 Å². The summed E-state index contributed by atoms with van der Waals surface area (Å²) < 4.78 is 28.3. The van der Waals surface area contributed by atoms with Gasteiger partial charge in [-0.15, -0.1) is 0 Å². The molecule has 0 aliphatic heterocycles. The summed E-state index contributed by atoms with van der Waals surface area (Å²) in [4.78, 5) is 0.180.